The van der Waals surface area contributed by atoms with E-state index >= 15 is 0 Å². The van der Waals surface area contributed by atoms with Crippen LogP contribution in [0.5, 0.6) is 0 Å². The van der Waals surface area contributed by atoms with Crippen LogP contribution in [-0.2, 0) is 15.8 Å². The van der Waals surface area contributed by atoms with Crippen LogP contribution in [-0.4, -0.2) is 32.6 Å². The van der Waals surface area contributed by atoms with Crippen molar-refractivity contribution in [3.8, 4) is 0 Å². The monoisotopic (exact) mass is 305 g/mol. The number of fused-ring (bicyclic) bond motifs is 1. The standard InChI is InChI=1S/C11H13F2N3O3S/c12-11(13,6-14)7-15-20(17,18)5-9-8-3-1-2-4-10(8)19-16-9/h1-4,15H,5-7,14H2. The highest BCUT2D eigenvalue weighted by Gasteiger charge is 2.29. The van der Waals surface area contributed by atoms with Crippen LogP contribution in [0, 0.1) is 0 Å². The quantitative estimate of drug-likeness (QED) is 0.824. The fourth-order valence-electron chi connectivity index (χ4n) is 1.56. The van der Waals surface area contributed by atoms with Crippen LogP contribution in [0.15, 0.2) is 28.8 Å². The van der Waals surface area contributed by atoms with E-state index in [1.165, 1.54) is 0 Å². The average Bonchev–Trinajstić information content (AvgIpc) is 2.80. The van der Waals surface area contributed by atoms with E-state index in [9.17, 15) is 17.2 Å². The number of para-hydroxylation sites is 1. The van der Waals surface area contributed by atoms with E-state index in [0.717, 1.165) is 0 Å². The third-order valence-corrected chi connectivity index (χ3v) is 3.87. The smallest absolute Gasteiger partial charge is 0.273 e. The van der Waals surface area contributed by atoms with Gasteiger partial charge in [0.2, 0.25) is 10.0 Å². The lowest BCUT2D eigenvalue weighted by atomic mass is 10.2. The predicted octanol–water partition coefficient (Wildman–Crippen LogP) is 0.841. The number of hydrogen-bond acceptors (Lipinski definition) is 5. The second-order valence-corrected chi connectivity index (χ2v) is 6.07. The highest BCUT2D eigenvalue weighted by molar-refractivity contribution is 7.88. The number of aromatic nitrogens is 1. The molecule has 3 N–H and O–H groups in total. The number of rotatable bonds is 6. The predicted molar refractivity (Wildman–Crippen MR) is 68.6 cm³/mol. The molecule has 1 heterocycles. The molecule has 110 valence electrons. The molecule has 1 aromatic carbocycles. The summed E-state index contributed by atoms with van der Waals surface area (Å²) >= 11 is 0. The van der Waals surface area contributed by atoms with Crippen molar-refractivity contribution in [1.82, 2.24) is 9.88 Å². The second kappa shape index (κ2) is 5.43. The van der Waals surface area contributed by atoms with Crippen molar-refractivity contribution in [1.29, 1.82) is 0 Å². The van der Waals surface area contributed by atoms with E-state index in [1.54, 1.807) is 24.3 Å². The Bertz CT molecular complexity index is 700. The van der Waals surface area contributed by atoms with E-state index < -0.39 is 34.8 Å². The van der Waals surface area contributed by atoms with Gasteiger partial charge in [0.15, 0.2) is 5.58 Å². The molecule has 1 aromatic heterocycles. The third-order valence-electron chi connectivity index (χ3n) is 2.63. The van der Waals surface area contributed by atoms with E-state index in [4.69, 9.17) is 10.3 Å². The Hall–Kier alpha value is -1.58. The number of hydrogen-bond donors (Lipinski definition) is 2. The van der Waals surface area contributed by atoms with Crippen LogP contribution in [0.2, 0.25) is 0 Å². The Morgan fingerprint density at radius 2 is 2.05 bits per heavy atom. The highest BCUT2D eigenvalue weighted by Crippen LogP contribution is 2.19. The zero-order chi connectivity index (χ0) is 14.8. The molecule has 6 nitrogen and oxygen atoms in total. The maximum Gasteiger partial charge on any atom is 0.273 e. The normalized spacial score (nSPS) is 12.9. The molecule has 0 unspecified atom stereocenters. The van der Waals surface area contributed by atoms with Crippen molar-refractivity contribution in [2.24, 2.45) is 5.73 Å². The molecular formula is C11H13F2N3O3S. The minimum absolute atomic E-state index is 0.171. The number of nitrogens with two attached hydrogens (primary N) is 1. The van der Waals surface area contributed by atoms with Gasteiger partial charge in [-0.1, -0.05) is 17.3 Å². The summed E-state index contributed by atoms with van der Waals surface area (Å²) in [5.74, 6) is -3.82. The lowest BCUT2D eigenvalue weighted by Gasteiger charge is -2.14. The van der Waals surface area contributed by atoms with Crippen LogP contribution in [0.4, 0.5) is 8.78 Å². The number of nitrogens with one attached hydrogen (secondary N) is 1. The lowest BCUT2D eigenvalue weighted by Crippen LogP contribution is -2.41. The molecule has 0 saturated heterocycles. The van der Waals surface area contributed by atoms with Crippen LogP contribution in [0.1, 0.15) is 5.69 Å². The summed E-state index contributed by atoms with van der Waals surface area (Å²) in [6.45, 7) is -1.97. The van der Waals surface area contributed by atoms with Crippen LogP contribution in [0.3, 0.4) is 0 Å². The van der Waals surface area contributed by atoms with Gasteiger partial charge in [0, 0.05) is 5.39 Å². The van der Waals surface area contributed by atoms with Gasteiger partial charge in [-0.15, -0.1) is 0 Å². The van der Waals surface area contributed by atoms with Crippen LogP contribution in [0.25, 0.3) is 11.0 Å². The Morgan fingerprint density at radius 3 is 2.75 bits per heavy atom. The molecule has 0 radical (unpaired) electrons. The lowest BCUT2D eigenvalue weighted by molar-refractivity contribution is 0.0170. The summed E-state index contributed by atoms with van der Waals surface area (Å²) in [5, 5.41) is 4.17. The molecule has 2 aromatic rings. The number of sulfonamides is 1. The van der Waals surface area contributed by atoms with Crippen molar-refractivity contribution in [2.75, 3.05) is 13.1 Å². The molecule has 20 heavy (non-hydrogen) atoms. The molecule has 0 amide bonds. The number of halogens is 2. The van der Waals surface area contributed by atoms with Crippen molar-refractivity contribution in [3.05, 3.63) is 30.0 Å². The van der Waals surface area contributed by atoms with Gasteiger partial charge in [-0.05, 0) is 12.1 Å². The van der Waals surface area contributed by atoms with Gasteiger partial charge in [-0.2, -0.15) is 0 Å². The molecule has 0 saturated carbocycles. The number of alkyl halides is 2. The third kappa shape index (κ3) is 3.50. The Kier molecular flexibility index (Phi) is 4.02. The molecule has 9 heteroatoms. The molecule has 0 fully saturated rings. The van der Waals surface area contributed by atoms with Crippen molar-refractivity contribution < 1.29 is 21.7 Å². The molecule has 0 aliphatic rings. The van der Waals surface area contributed by atoms with Gasteiger partial charge in [0.05, 0.1) is 13.1 Å². The Labute approximate surface area is 114 Å². The van der Waals surface area contributed by atoms with Gasteiger partial charge in [0.25, 0.3) is 5.92 Å². The summed E-state index contributed by atoms with van der Waals surface area (Å²) < 4.78 is 56.1. The van der Waals surface area contributed by atoms with Gasteiger partial charge in [-0.25, -0.2) is 21.9 Å². The summed E-state index contributed by atoms with van der Waals surface area (Å²) in [4.78, 5) is 0. The molecule has 0 bridgehead atoms. The SMILES string of the molecule is NCC(F)(F)CNS(=O)(=O)Cc1noc2ccccc12. The Morgan fingerprint density at radius 1 is 1.35 bits per heavy atom. The van der Waals surface area contributed by atoms with Gasteiger partial charge < -0.3 is 10.3 Å². The summed E-state index contributed by atoms with van der Waals surface area (Å²) in [6, 6.07) is 6.69. The van der Waals surface area contributed by atoms with Gasteiger partial charge >= 0.3 is 0 Å². The number of benzene rings is 1. The first-order valence-electron chi connectivity index (χ1n) is 5.71. The zero-order valence-corrected chi connectivity index (χ0v) is 11.2. The molecule has 0 aliphatic heterocycles. The van der Waals surface area contributed by atoms with Gasteiger partial charge in [0.1, 0.15) is 11.4 Å². The first kappa shape index (κ1) is 14.8. The molecule has 0 atom stereocenters. The molecule has 0 spiro atoms. The van der Waals surface area contributed by atoms with Crippen LogP contribution >= 0.6 is 0 Å². The topological polar surface area (TPSA) is 98.2 Å². The maximum absolute atomic E-state index is 12.9. The summed E-state index contributed by atoms with van der Waals surface area (Å²) in [7, 11) is -3.95. The van der Waals surface area contributed by atoms with Crippen molar-refractivity contribution in [2.45, 2.75) is 11.7 Å². The van der Waals surface area contributed by atoms with Crippen molar-refractivity contribution in [3.63, 3.8) is 0 Å². The van der Waals surface area contributed by atoms with Crippen LogP contribution < -0.4 is 10.5 Å². The average molecular weight is 305 g/mol. The first-order chi connectivity index (χ1) is 9.33. The summed E-state index contributed by atoms with van der Waals surface area (Å²) in [6.07, 6.45) is 0. The molecular weight excluding hydrogens is 292 g/mol. The number of nitrogens with zero attached hydrogens (tertiary/aromatic N) is 1. The largest absolute Gasteiger partial charge is 0.356 e. The minimum Gasteiger partial charge on any atom is -0.356 e. The fraction of sp³-hybridized carbons (Fsp3) is 0.364. The molecule has 0 aliphatic carbocycles. The van der Waals surface area contributed by atoms with Gasteiger partial charge in [-0.3, -0.25) is 0 Å². The highest BCUT2D eigenvalue weighted by atomic mass is 32.2. The van der Waals surface area contributed by atoms with Crippen molar-refractivity contribution >= 4 is 21.0 Å². The van der Waals surface area contributed by atoms with E-state index in [0.29, 0.717) is 11.0 Å². The van der Waals surface area contributed by atoms with E-state index in [-0.39, 0.29) is 5.69 Å². The molecule has 2 rings (SSSR count). The second-order valence-electron chi connectivity index (χ2n) is 4.27. The Balaban J connectivity index is 2.12. The minimum atomic E-state index is -3.95. The maximum atomic E-state index is 12.9. The summed E-state index contributed by atoms with van der Waals surface area (Å²) in [5.41, 5.74) is 5.44. The zero-order valence-electron chi connectivity index (χ0n) is 10.3. The van der Waals surface area contributed by atoms with E-state index in [2.05, 4.69) is 5.16 Å². The first-order valence-corrected chi connectivity index (χ1v) is 7.37. The fourth-order valence-corrected chi connectivity index (χ4v) is 2.66. The van der Waals surface area contributed by atoms with E-state index in [1.807, 2.05) is 4.72 Å².